The lowest BCUT2D eigenvalue weighted by atomic mass is 9.99. The van der Waals surface area contributed by atoms with Gasteiger partial charge in [-0.3, -0.25) is 0 Å². The summed E-state index contributed by atoms with van der Waals surface area (Å²) >= 11 is 0. The highest BCUT2D eigenvalue weighted by Gasteiger charge is 2.05. The van der Waals surface area contributed by atoms with Crippen LogP contribution in [0.1, 0.15) is 35.6 Å². The van der Waals surface area contributed by atoms with Crippen molar-refractivity contribution in [2.75, 3.05) is 0 Å². The minimum absolute atomic E-state index is 0.180. The topological polar surface area (TPSA) is 20.2 Å². The number of hydrogen-bond donors (Lipinski definition) is 1. The van der Waals surface area contributed by atoms with Gasteiger partial charge >= 0.3 is 0 Å². The van der Waals surface area contributed by atoms with Crippen molar-refractivity contribution >= 4 is 0 Å². The Morgan fingerprint density at radius 3 is 3.62 bits per heavy atom. The molecule has 0 bridgehead atoms. The van der Waals surface area contributed by atoms with Crippen LogP contribution in [0.2, 0.25) is 0 Å². The molecule has 1 N–H and O–H groups in total. The summed E-state index contributed by atoms with van der Waals surface area (Å²) in [6.07, 6.45) is -10.6. The van der Waals surface area contributed by atoms with E-state index in [1.807, 2.05) is 0 Å². The van der Waals surface area contributed by atoms with E-state index in [2.05, 4.69) is 0 Å². The molecule has 0 aromatic carbocycles. The summed E-state index contributed by atoms with van der Waals surface area (Å²) < 4.78 is 51.7. The van der Waals surface area contributed by atoms with Gasteiger partial charge in [0, 0.05) is 8.22 Å². The molecule has 1 nitrogen and oxygen atoms in total. The molecular weight excluding hydrogens is 100 g/mol. The third-order valence-corrected chi connectivity index (χ3v) is 0.803. The van der Waals surface area contributed by atoms with Crippen LogP contribution in [0.25, 0.3) is 0 Å². The van der Waals surface area contributed by atoms with Crippen LogP contribution in [0.15, 0.2) is 11.6 Å². The smallest absolute Gasteiger partial charge is 0.0723 e. The molecule has 8 heavy (non-hydrogen) atoms. The van der Waals surface area contributed by atoms with Crippen molar-refractivity contribution in [2.45, 2.75) is 32.1 Å². The van der Waals surface area contributed by atoms with Gasteiger partial charge in [0.15, 0.2) is 0 Å². The van der Waals surface area contributed by atoms with Crippen molar-refractivity contribution in [1.29, 1.82) is 0 Å². The van der Waals surface area contributed by atoms with E-state index in [1.165, 1.54) is 6.92 Å². The lowest BCUT2D eigenvalue weighted by Crippen LogP contribution is -2.07. The second kappa shape index (κ2) is 2.31. The predicted octanol–water partition coefficient (Wildman–Crippen LogP) is 1.48. The van der Waals surface area contributed by atoms with Gasteiger partial charge in [-0.05, 0) is 26.0 Å². The first kappa shape index (κ1) is 1.60. The highest BCUT2D eigenvalue weighted by molar-refractivity contribution is 5.04. The first-order valence-electron chi connectivity index (χ1n) is 5.80. The molecule has 0 heterocycles. The van der Waals surface area contributed by atoms with Gasteiger partial charge in [0.05, 0.1) is 7.45 Å². The third kappa shape index (κ3) is 1.34. The molecule has 46 valence electrons. The zero-order valence-corrected chi connectivity index (χ0v) is 4.52. The number of rotatable bonds is 0. The summed E-state index contributed by atoms with van der Waals surface area (Å²) in [5.74, 6) is 0. The Kier molecular flexibility index (Phi) is 0.463. The van der Waals surface area contributed by atoms with Crippen LogP contribution in [0.5, 0.6) is 0 Å². The molecule has 0 radical (unpaired) electrons. The molecule has 0 spiro atoms. The Morgan fingerprint density at radius 2 is 2.88 bits per heavy atom. The fraction of sp³-hybridized carbons (Fsp3) is 0.714. The standard InChI is InChI=1S/C7H12O/c1-6-3-2-4-7(8)5-6/h5,7-8H,2-4H2,1H3/i2D2,3D2,4D2,7D. The quantitative estimate of drug-likeness (QED) is 0.479. The van der Waals surface area contributed by atoms with Crippen molar-refractivity contribution in [2.24, 2.45) is 0 Å². The zero-order valence-electron chi connectivity index (χ0n) is 11.5. The van der Waals surface area contributed by atoms with Crippen LogP contribution in [0.3, 0.4) is 0 Å². The molecule has 1 heteroatoms. The van der Waals surface area contributed by atoms with Gasteiger partial charge in [-0.15, -0.1) is 0 Å². The molecule has 0 saturated heterocycles. The second-order valence-corrected chi connectivity index (χ2v) is 1.59. The minimum atomic E-state index is -3.01. The van der Waals surface area contributed by atoms with Crippen LogP contribution < -0.4 is 0 Å². The Bertz CT molecular complexity index is 317. The summed E-state index contributed by atoms with van der Waals surface area (Å²) in [5.41, 5.74) is -0.180. The van der Waals surface area contributed by atoms with Crippen molar-refractivity contribution < 1.29 is 14.7 Å². The summed E-state index contributed by atoms with van der Waals surface area (Å²) in [6.45, 7) is 1.23. The second-order valence-electron chi connectivity index (χ2n) is 1.59. The van der Waals surface area contributed by atoms with E-state index in [0.717, 1.165) is 0 Å². The van der Waals surface area contributed by atoms with Crippen molar-refractivity contribution in [3.05, 3.63) is 11.6 Å². The van der Waals surface area contributed by atoms with Crippen molar-refractivity contribution in [3.8, 4) is 0 Å². The lowest BCUT2D eigenvalue weighted by molar-refractivity contribution is 0.202. The van der Waals surface area contributed by atoms with Crippen molar-refractivity contribution in [3.63, 3.8) is 0 Å². The molecule has 0 aromatic rings. The summed E-state index contributed by atoms with van der Waals surface area (Å²) in [5, 5.41) is 9.45. The molecule has 1 unspecified atom stereocenters. The van der Waals surface area contributed by atoms with Gasteiger partial charge < -0.3 is 5.11 Å². The van der Waals surface area contributed by atoms with E-state index in [4.69, 9.17) is 9.60 Å². The highest BCUT2D eigenvalue weighted by atomic mass is 16.3. The zero-order chi connectivity index (χ0) is 12.3. The Hall–Kier alpha value is -0.300. The molecule has 0 amide bonds. The average Bonchev–Trinajstić information content (AvgIpc) is 2.00. The number of aliphatic hydroxyl groups is 1. The van der Waals surface area contributed by atoms with Gasteiger partial charge in [-0.1, -0.05) is 11.6 Å². The Labute approximate surface area is 59.9 Å². The molecule has 1 atom stereocenters. The maximum Gasteiger partial charge on any atom is 0.0723 e. The monoisotopic (exact) mass is 119 g/mol. The Morgan fingerprint density at radius 1 is 2.12 bits per heavy atom. The number of allylic oxidation sites excluding steroid dienone is 1. The highest BCUT2D eigenvalue weighted by Crippen LogP contribution is 2.16. The average molecular weight is 119 g/mol. The number of hydrogen-bond acceptors (Lipinski definition) is 1. The molecule has 1 aliphatic carbocycles. The predicted molar refractivity (Wildman–Crippen MR) is 33.6 cm³/mol. The first-order valence-corrected chi connectivity index (χ1v) is 2.30. The first-order chi connectivity index (χ1) is 6.38. The maximum atomic E-state index is 9.45. The molecule has 1 rings (SSSR count). The Balaban J connectivity index is 3.49. The van der Waals surface area contributed by atoms with Crippen LogP contribution >= 0.6 is 0 Å². The van der Waals surface area contributed by atoms with E-state index in [9.17, 15) is 5.11 Å². The van der Waals surface area contributed by atoms with Gasteiger partial charge in [0.25, 0.3) is 0 Å². The van der Waals surface area contributed by atoms with Gasteiger partial charge in [0.2, 0.25) is 0 Å². The van der Waals surface area contributed by atoms with E-state index in [1.54, 1.807) is 0 Å². The maximum absolute atomic E-state index is 9.45. The van der Waals surface area contributed by atoms with Crippen LogP contribution in [0.4, 0.5) is 0 Å². The van der Waals surface area contributed by atoms with E-state index in [-0.39, 0.29) is 5.57 Å². The van der Waals surface area contributed by atoms with Gasteiger partial charge in [-0.2, -0.15) is 0 Å². The minimum Gasteiger partial charge on any atom is -0.389 e. The molecule has 0 aliphatic heterocycles. The van der Waals surface area contributed by atoms with E-state index >= 15 is 0 Å². The molecule has 0 aromatic heterocycles. The summed E-state index contributed by atoms with van der Waals surface area (Å²) in [7, 11) is 0. The molecule has 0 fully saturated rings. The summed E-state index contributed by atoms with van der Waals surface area (Å²) in [4.78, 5) is 0. The van der Waals surface area contributed by atoms with E-state index in [0.29, 0.717) is 6.08 Å². The third-order valence-electron chi connectivity index (χ3n) is 0.803. The fourth-order valence-corrected chi connectivity index (χ4v) is 0.471. The van der Waals surface area contributed by atoms with Crippen LogP contribution in [0, 0.1) is 0 Å². The largest absolute Gasteiger partial charge is 0.389 e. The normalized spacial score (nSPS) is 70.8. The molecular formula is C7H12O. The van der Waals surface area contributed by atoms with Gasteiger partial charge in [0.1, 0.15) is 0 Å². The summed E-state index contributed by atoms with van der Waals surface area (Å²) in [6, 6.07) is 0. The SMILES string of the molecule is [2H]C1(O)C=C(C)C([2H])([2H])C([2H])([2H])C1([2H])[2H]. The molecule has 1 aliphatic rings. The lowest BCUT2D eigenvalue weighted by Gasteiger charge is -2.12. The van der Waals surface area contributed by atoms with Gasteiger partial charge in [-0.25, -0.2) is 0 Å². The fourth-order valence-electron chi connectivity index (χ4n) is 0.471. The molecule has 0 saturated carbocycles. The van der Waals surface area contributed by atoms with Crippen LogP contribution in [-0.2, 0) is 0 Å². The van der Waals surface area contributed by atoms with Crippen molar-refractivity contribution in [1.82, 2.24) is 0 Å². The van der Waals surface area contributed by atoms with E-state index < -0.39 is 25.2 Å². The van der Waals surface area contributed by atoms with Crippen LogP contribution in [-0.4, -0.2) is 11.2 Å².